The van der Waals surface area contributed by atoms with Gasteiger partial charge in [0.25, 0.3) is 0 Å². The highest BCUT2D eigenvalue weighted by atomic mass is 79.9. The minimum atomic E-state index is -0.320. The van der Waals surface area contributed by atoms with Crippen LogP contribution < -0.4 is 5.73 Å². The summed E-state index contributed by atoms with van der Waals surface area (Å²) in [5.74, 6) is 1.79. The van der Waals surface area contributed by atoms with Gasteiger partial charge in [-0.1, -0.05) is 22.9 Å². The van der Waals surface area contributed by atoms with Crippen molar-refractivity contribution in [2.24, 2.45) is 0 Å². The Morgan fingerprint density at radius 1 is 1.47 bits per heavy atom. The third-order valence-corrected chi connectivity index (χ3v) is 3.47. The number of esters is 1. The molecule has 2 N–H and O–H groups in total. The van der Waals surface area contributed by atoms with Crippen molar-refractivity contribution < 1.29 is 9.53 Å². The normalized spacial score (nSPS) is 10.2. The highest BCUT2D eigenvalue weighted by molar-refractivity contribution is 9.10. The second-order valence-corrected chi connectivity index (χ2v) is 5.77. The van der Waals surface area contributed by atoms with Crippen molar-refractivity contribution in [1.29, 1.82) is 0 Å². The van der Waals surface area contributed by atoms with Crippen LogP contribution in [-0.2, 0) is 4.74 Å². The topological polar surface area (TPSA) is 52.3 Å². The molecule has 17 heavy (non-hydrogen) atoms. The summed E-state index contributed by atoms with van der Waals surface area (Å²) in [6.45, 7) is 2.57. The molecule has 0 aliphatic carbocycles. The van der Waals surface area contributed by atoms with Gasteiger partial charge in [0.15, 0.2) is 0 Å². The molecule has 0 amide bonds. The van der Waals surface area contributed by atoms with Gasteiger partial charge in [0.05, 0.1) is 12.2 Å². The van der Waals surface area contributed by atoms with E-state index >= 15 is 0 Å². The van der Waals surface area contributed by atoms with E-state index in [4.69, 9.17) is 10.5 Å². The molecule has 0 atom stereocenters. The van der Waals surface area contributed by atoms with E-state index in [0.717, 1.165) is 22.4 Å². The first-order valence-corrected chi connectivity index (χ1v) is 7.39. The van der Waals surface area contributed by atoms with Crippen LogP contribution in [0.5, 0.6) is 0 Å². The van der Waals surface area contributed by atoms with Crippen molar-refractivity contribution in [2.75, 3.05) is 23.8 Å². The quantitative estimate of drug-likeness (QED) is 0.496. The molecule has 0 saturated carbocycles. The van der Waals surface area contributed by atoms with E-state index in [-0.39, 0.29) is 5.97 Å². The van der Waals surface area contributed by atoms with Crippen LogP contribution in [0.3, 0.4) is 0 Å². The Morgan fingerprint density at radius 2 is 2.24 bits per heavy atom. The molecule has 1 aromatic carbocycles. The van der Waals surface area contributed by atoms with Gasteiger partial charge in [0, 0.05) is 10.2 Å². The van der Waals surface area contributed by atoms with Gasteiger partial charge in [0.1, 0.15) is 0 Å². The molecule has 0 bridgehead atoms. The van der Waals surface area contributed by atoms with Crippen molar-refractivity contribution in [2.45, 2.75) is 13.3 Å². The fourth-order valence-electron chi connectivity index (χ4n) is 1.28. The molecule has 0 spiro atoms. The Labute approximate surface area is 114 Å². The van der Waals surface area contributed by atoms with Crippen molar-refractivity contribution in [3.63, 3.8) is 0 Å². The molecular formula is C12H16BrNO2S. The second-order valence-electron chi connectivity index (χ2n) is 3.46. The van der Waals surface area contributed by atoms with Gasteiger partial charge in [-0.15, -0.1) is 0 Å². The van der Waals surface area contributed by atoms with E-state index in [0.29, 0.717) is 17.9 Å². The smallest absolute Gasteiger partial charge is 0.338 e. The summed E-state index contributed by atoms with van der Waals surface area (Å²) in [5, 5.41) is 0. The molecule has 5 heteroatoms. The lowest BCUT2D eigenvalue weighted by molar-refractivity contribution is 0.0506. The number of nitrogen functional groups attached to an aromatic ring is 1. The monoisotopic (exact) mass is 317 g/mol. The van der Waals surface area contributed by atoms with Crippen LogP contribution in [0.4, 0.5) is 5.69 Å². The van der Waals surface area contributed by atoms with Crippen LogP contribution in [0.25, 0.3) is 0 Å². The third kappa shape index (κ3) is 5.46. The zero-order chi connectivity index (χ0) is 12.7. The zero-order valence-corrected chi connectivity index (χ0v) is 12.1. The van der Waals surface area contributed by atoms with Crippen LogP contribution in [0.15, 0.2) is 22.7 Å². The number of hydrogen-bond donors (Lipinski definition) is 1. The summed E-state index contributed by atoms with van der Waals surface area (Å²) in [4.78, 5) is 11.7. The van der Waals surface area contributed by atoms with Crippen molar-refractivity contribution >= 4 is 39.3 Å². The zero-order valence-electron chi connectivity index (χ0n) is 9.74. The molecule has 0 aliphatic rings. The Hall–Kier alpha value is -0.680. The summed E-state index contributed by atoms with van der Waals surface area (Å²) in [5.41, 5.74) is 6.69. The van der Waals surface area contributed by atoms with Crippen molar-refractivity contribution in [1.82, 2.24) is 0 Å². The molecule has 0 unspecified atom stereocenters. The van der Waals surface area contributed by atoms with Gasteiger partial charge in [-0.25, -0.2) is 4.79 Å². The minimum Gasteiger partial charge on any atom is -0.462 e. The summed E-state index contributed by atoms with van der Waals surface area (Å²) in [7, 11) is 0. The Balaban J connectivity index is 2.41. The predicted molar refractivity (Wildman–Crippen MR) is 76.5 cm³/mol. The lowest BCUT2D eigenvalue weighted by Crippen LogP contribution is -2.07. The van der Waals surface area contributed by atoms with E-state index in [1.807, 2.05) is 11.8 Å². The Bertz CT molecular complexity index is 365. The van der Waals surface area contributed by atoms with E-state index in [1.54, 1.807) is 18.2 Å². The molecule has 0 aliphatic heterocycles. The SMILES string of the molecule is CCSCCCOC(=O)c1cc(N)cc(Br)c1. The first-order valence-electron chi connectivity index (χ1n) is 5.44. The maximum absolute atomic E-state index is 11.7. The van der Waals surface area contributed by atoms with Crippen LogP contribution >= 0.6 is 27.7 Å². The number of hydrogen-bond acceptors (Lipinski definition) is 4. The number of rotatable bonds is 6. The number of thioether (sulfide) groups is 1. The molecule has 0 saturated heterocycles. The van der Waals surface area contributed by atoms with E-state index < -0.39 is 0 Å². The largest absolute Gasteiger partial charge is 0.462 e. The van der Waals surface area contributed by atoms with E-state index in [2.05, 4.69) is 22.9 Å². The lowest BCUT2D eigenvalue weighted by Gasteiger charge is -2.05. The standard InChI is InChI=1S/C12H16BrNO2S/c1-2-17-5-3-4-16-12(15)9-6-10(13)8-11(14)7-9/h6-8H,2-5,14H2,1H3. The summed E-state index contributed by atoms with van der Waals surface area (Å²) < 4.78 is 5.94. The van der Waals surface area contributed by atoms with Crippen LogP contribution in [0.2, 0.25) is 0 Å². The van der Waals surface area contributed by atoms with Crippen molar-refractivity contribution in [3.8, 4) is 0 Å². The minimum absolute atomic E-state index is 0.320. The Morgan fingerprint density at radius 3 is 2.88 bits per heavy atom. The van der Waals surface area contributed by atoms with Gasteiger partial charge in [-0.3, -0.25) is 0 Å². The summed E-state index contributed by atoms with van der Waals surface area (Å²) >= 11 is 5.13. The van der Waals surface area contributed by atoms with Crippen LogP contribution in [0.1, 0.15) is 23.7 Å². The van der Waals surface area contributed by atoms with Gasteiger partial charge < -0.3 is 10.5 Å². The van der Waals surface area contributed by atoms with Gasteiger partial charge >= 0.3 is 5.97 Å². The molecule has 0 fully saturated rings. The number of halogens is 1. The van der Waals surface area contributed by atoms with E-state index in [1.165, 1.54) is 0 Å². The molecule has 1 aromatic rings. The van der Waals surface area contributed by atoms with Crippen LogP contribution in [0, 0.1) is 0 Å². The predicted octanol–water partition coefficient (Wildman–Crippen LogP) is 3.33. The average molecular weight is 318 g/mol. The number of benzene rings is 1. The highest BCUT2D eigenvalue weighted by Gasteiger charge is 2.08. The van der Waals surface area contributed by atoms with Crippen LogP contribution in [-0.4, -0.2) is 24.1 Å². The average Bonchev–Trinajstić information content (AvgIpc) is 2.27. The molecular weight excluding hydrogens is 302 g/mol. The van der Waals surface area contributed by atoms with Gasteiger partial charge in [0.2, 0.25) is 0 Å². The second kappa shape index (κ2) is 7.61. The first-order chi connectivity index (χ1) is 8.13. The number of carbonyl (C=O) groups excluding carboxylic acids is 1. The Kier molecular flexibility index (Phi) is 6.44. The third-order valence-electron chi connectivity index (χ3n) is 2.03. The summed E-state index contributed by atoms with van der Waals surface area (Å²) in [6, 6.07) is 5.07. The maximum atomic E-state index is 11.7. The number of anilines is 1. The van der Waals surface area contributed by atoms with Gasteiger partial charge in [-0.2, -0.15) is 11.8 Å². The molecule has 1 rings (SSSR count). The number of ether oxygens (including phenoxy) is 1. The maximum Gasteiger partial charge on any atom is 0.338 e. The van der Waals surface area contributed by atoms with Gasteiger partial charge in [-0.05, 0) is 36.1 Å². The first kappa shape index (κ1) is 14.4. The molecule has 0 aromatic heterocycles. The fourth-order valence-corrected chi connectivity index (χ4v) is 2.41. The van der Waals surface area contributed by atoms with E-state index in [9.17, 15) is 4.79 Å². The molecule has 0 heterocycles. The fraction of sp³-hybridized carbons (Fsp3) is 0.417. The molecule has 0 radical (unpaired) electrons. The highest BCUT2D eigenvalue weighted by Crippen LogP contribution is 2.18. The lowest BCUT2D eigenvalue weighted by atomic mass is 10.2. The molecule has 3 nitrogen and oxygen atoms in total. The van der Waals surface area contributed by atoms with Crippen molar-refractivity contribution in [3.05, 3.63) is 28.2 Å². The summed E-state index contributed by atoms with van der Waals surface area (Å²) in [6.07, 6.45) is 0.883. The number of nitrogens with two attached hydrogens (primary N) is 1. The molecule has 94 valence electrons. The number of carbonyl (C=O) groups is 1.